The van der Waals surface area contributed by atoms with E-state index in [4.69, 9.17) is 4.74 Å². The molecule has 0 saturated heterocycles. The summed E-state index contributed by atoms with van der Waals surface area (Å²) in [6, 6.07) is 8.22. The highest BCUT2D eigenvalue weighted by molar-refractivity contribution is 5.32. The monoisotopic (exact) mass is 274 g/mol. The number of rotatable bonds is 7. The molecule has 20 heavy (non-hydrogen) atoms. The Hall–Kier alpha value is -1.88. The molecule has 0 spiro atoms. The first-order valence-electron chi connectivity index (χ1n) is 7.05. The average molecular weight is 274 g/mol. The zero-order valence-electron chi connectivity index (χ0n) is 12.3. The maximum Gasteiger partial charge on any atom is 0.118 e. The molecule has 0 aliphatic heterocycles. The quantitative estimate of drug-likeness (QED) is 0.842. The summed E-state index contributed by atoms with van der Waals surface area (Å²) in [5.74, 6) is 0.865. The first-order valence-corrected chi connectivity index (χ1v) is 7.05. The van der Waals surface area contributed by atoms with Gasteiger partial charge in [-0.05, 0) is 30.7 Å². The molecule has 1 atom stereocenters. The van der Waals surface area contributed by atoms with Crippen LogP contribution >= 0.6 is 0 Å². The molecule has 0 amide bonds. The Bertz CT molecular complexity index is 521. The maximum atomic E-state index is 5.21. The van der Waals surface area contributed by atoms with Gasteiger partial charge in [0.05, 0.1) is 25.0 Å². The van der Waals surface area contributed by atoms with Gasteiger partial charge in [0.1, 0.15) is 5.75 Å². The molecule has 0 aliphatic rings. The van der Waals surface area contributed by atoms with Crippen molar-refractivity contribution >= 4 is 0 Å². The third kappa shape index (κ3) is 3.17. The van der Waals surface area contributed by atoms with Crippen molar-refractivity contribution in [1.82, 2.24) is 20.3 Å². The third-order valence-corrected chi connectivity index (χ3v) is 3.24. The summed E-state index contributed by atoms with van der Waals surface area (Å²) in [5.41, 5.74) is 2.28. The van der Waals surface area contributed by atoms with E-state index in [1.165, 1.54) is 5.56 Å². The molecule has 0 aliphatic carbocycles. The number of methoxy groups -OCH3 is 1. The molecular formula is C15H22N4O. The molecule has 0 fully saturated rings. The van der Waals surface area contributed by atoms with Gasteiger partial charge in [-0.1, -0.05) is 31.2 Å². The van der Waals surface area contributed by atoms with Crippen LogP contribution < -0.4 is 10.1 Å². The first kappa shape index (κ1) is 14.5. The molecular weight excluding hydrogens is 252 g/mol. The Balaban J connectivity index is 2.31. The fourth-order valence-corrected chi connectivity index (χ4v) is 2.27. The molecule has 1 aromatic heterocycles. The molecule has 5 heteroatoms. The lowest BCUT2D eigenvalue weighted by atomic mass is 10.0. The van der Waals surface area contributed by atoms with E-state index in [2.05, 4.69) is 41.6 Å². The molecule has 1 heterocycles. The second-order valence-corrected chi connectivity index (χ2v) is 4.65. The number of nitrogens with zero attached hydrogens (tertiary/aromatic N) is 3. The fourth-order valence-electron chi connectivity index (χ4n) is 2.27. The van der Waals surface area contributed by atoms with Crippen LogP contribution in [-0.4, -0.2) is 28.6 Å². The van der Waals surface area contributed by atoms with Crippen molar-refractivity contribution < 1.29 is 4.74 Å². The van der Waals surface area contributed by atoms with Gasteiger partial charge in [-0.2, -0.15) is 0 Å². The van der Waals surface area contributed by atoms with Gasteiger partial charge in [0.2, 0.25) is 0 Å². The van der Waals surface area contributed by atoms with Crippen LogP contribution in [0.25, 0.3) is 0 Å². The molecule has 0 radical (unpaired) electrons. The predicted molar refractivity (Wildman–Crippen MR) is 78.8 cm³/mol. The summed E-state index contributed by atoms with van der Waals surface area (Å²) in [7, 11) is 1.68. The minimum absolute atomic E-state index is 0.104. The van der Waals surface area contributed by atoms with Crippen LogP contribution in [0.2, 0.25) is 0 Å². The summed E-state index contributed by atoms with van der Waals surface area (Å²) >= 11 is 0. The van der Waals surface area contributed by atoms with Gasteiger partial charge in [-0.25, -0.2) is 4.68 Å². The molecule has 2 aromatic rings. The lowest BCUT2D eigenvalue weighted by molar-refractivity contribution is 0.414. The van der Waals surface area contributed by atoms with E-state index in [1.807, 2.05) is 23.0 Å². The van der Waals surface area contributed by atoms with Crippen molar-refractivity contribution in [2.24, 2.45) is 0 Å². The standard InChI is InChI=1S/C15H22N4O/c1-4-10-19-14(11-17-18-19)15(16-5-2)12-6-8-13(20-3)9-7-12/h6-9,11,15-16H,4-5,10H2,1-3H3. The second kappa shape index (κ2) is 7.05. The fraction of sp³-hybridized carbons (Fsp3) is 0.467. The van der Waals surface area contributed by atoms with Crippen LogP contribution in [-0.2, 0) is 6.54 Å². The average Bonchev–Trinajstić information content (AvgIpc) is 2.93. The Labute approximate surface area is 120 Å². The maximum absolute atomic E-state index is 5.21. The number of aromatic nitrogens is 3. The van der Waals surface area contributed by atoms with Gasteiger partial charge >= 0.3 is 0 Å². The lowest BCUT2D eigenvalue weighted by Gasteiger charge is -2.19. The summed E-state index contributed by atoms with van der Waals surface area (Å²) in [4.78, 5) is 0. The number of benzene rings is 1. The third-order valence-electron chi connectivity index (χ3n) is 3.24. The van der Waals surface area contributed by atoms with Crippen molar-refractivity contribution in [1.29, 1.82) is 0 Å². The highest BCUT2D eigenvalue weighted by Crippen LogP contribution is 2.23. The highest BCUT2D eigenvalue weighted by atomic mass is 16.5. The van der Waals surface area contributed by atoms with Gasteiger partial charge < -0.3 is 10.1 Å². The summed E-state index contributed by atoms with van der Waals surface area (Å²) in [6.07, 6.45) is 2.88. The lowest BCUT2D eigenvalue weighted by Crippen LogP contribution is -2.25. The summed E-state index contributed by atoms with van der Waals surface area (Å²) in [5, 5.41) is 11.7. The zero-order chi connectivity index (χ0) is 14.4. The number of hydrogen-bond acceptors (Lipinski definition) is 4. The smallest absolute Gasteiger partial charge is 0.118 e. The zero-order valence-corrected chi connectivity index (χ0v) is 12.3. The van der Waals surface area contributed by atoms with Crippen LogP contribution in [0.4, 0.5) is 0 Å². The van der Waals surface area contributed by atoms with Crippen LogP contribution in [0.5, 0.6) is 5.75 Å². The van der Waals surface area contributed by atoms with E-state index in [1.54, 1.807) is 7.11 Å². The Morgan fingerprint density at radius 3 is 2.60 bits per heavy atom. The van der Waals surface area contributed by atoms with Crippen molar-refractivity contribution in [2.45, 2.75) is 32.9 Å². The molecule has 0 saturated carbocycles. The molecule has 1 N–H and O–H groups in total. The number of hydrogen-bond donors (Lipinski definition) is 1. The molecule has 2 rings (SSSR count). The van der Waals surface area contributed by atoms with Crippen LogP contribution in [0.15, 0.2) is 30.5 Å². The van der Waals surface area contributed by atoms with Gasteiger partial charge in [-0.3, -0.25) is 0 Å². The van der Waals surface area contributed by atoms with E-state index in [-0.39, 0.29) is 6.04 Å². The van der Waals surface area contributed by atoms with Crippen LogP contribution in [0, 0.1) is 0 Å². The Morgan fingerprint density at radius 1 is 1.25 bits per heavy atom. The summed E-state index contributed by atoms with van der Waals surface area (Å²) < 4.78 is 7.18. The summed E-state index contributed by atoms with van der Waals surface area (Å²) in [6.45, 7) is 6.01. The van der Waals surface area contributed by atoms with Gasteiger partial charge in [0.25, 0.3) is 0 Å². The Morgan fingerprint density at radius 2 is 2.00 bits per heavy atom. The van der Waals surface area contributed by atoms with E-state index >= 15 is 0 Å². The molecule has 0 bridgehead atoms. The molecule has 108 valence electrons. The van der Waals surface area contributed by atoms with E-state index in [0.29, 0.717) is 0 Å². The van der Waals surface area contributed by atoms with E-state index in [0.717, 1.165) is 31.0 Å². The van der Waals surface area contributed by atoms with Gasteiger partial charge in [0, 0.05) is 6.54 Å². The van der Waals surface area contributed by atoms with Crippen molar-refractivity contribution in [3.63, 3.8) is 0 Å². The normalized spacial score (nSPS) is 12.3. The highest BCUT2D eigenvalue weighted by Gasteiger charge is 2.18. The van der Waals surface area contributed by atoms with Crippen LogP contribution in [0.1, 0.15) is 37.6 Å². The predicted octanol–water partition coefficient (Wildman–Crippen LogP) is 2.40. The van der Waals surface area contributed by atoms with Crippen LogP contribution in [0.3, 0.4) is 0 Å². The second-order valence-electron chi connectivity index (χ2n) is 4.65. The number of aryl methyl sites for hydroxylation is 1. The topological polar surface area (TPSA) is 52.0 Å². The van der Waals surface area contributed by atoms with Gasteiger partial charge in [-0.15, -0.1) is 5.10 Å². The van der Waals surface area contributed by atoms with E-state index in [9.17, 15) is 0 Å². The van der Waals surface area contributed by atoms with Crippen molar-refractivity contribution in [2.75, 3.05) is 13.7 Å². The van der Waals surface area contributed by atoms with Crippen molar-refractivity contribution in [3.8, 4) is 5.75 Å². The van der Waals surface area contributed by atoms with Crippen molar-refractivity contribution in [3.05, 3.63) is 41.7 Å². The SMILES string of the molecule is CCCn1nncc1C(NCC)c1ccc(OC)cc1. The Kier molecular flexibility index (Phi) is 5.12. The van der Waals surface area contributed by atoms with Gasteiger partial charge in [0.15, 0.2) is 0 Å². The minimum Gasteiger partial charge on any atom is -0.497 e. The molecule has 1 unspecified atom stereocenters. The molecule has 1 aromatic carbocycles. The first-order chi connectivity index (χ1) is 9.80. The molecule has 5 nitrogen and oxygen atoms in total. The number of nitrogens with one attached hydrogen (secondary N) is 1. The number of ether oxygens (including phenoxy) is 1. The minimum atomic E-state index is 0.104. The van der Waals surface area contributed by atoms with E-state index < -0.39 is 0 Å². The largest absolute Gasteiger partial charge is 0.497 e.